The summed E-state index contributed by atoms with van der Waals surface area (Å²) in [4.78, 5) is 0. The SMILES string of the molecule is CC(C)[C@H]1CC[C@]2(C)O[C@@H]2C1. The van der Waals surface area contributed by atoms with Crippen LogP contribution in [0.25, 0.3) is 0 Å². The van der Waals surface area contributed by atoms with Gasteiger partial charge >= 0.3 is 0 Å². The fraction of sp³-hybridized carbons (Fsp3) is 1.00. The van der Waals surface area contributed by atoms with Gasteiger partial charge in [0, 0.05) is 0 Å². The monoisotopic (exact) mass is 154 g/mol. The molecule has 0 N–H and O–H groups in total. The molecule has 3 atom stereocenters. The van der Waals surface area contributed by atoms with Crippen molar-refractivity contribution in [3.63, 3.8) is 0 Å². The molecule has 1 heterocycles. The zero-order valence-electron chi connectivity index (χ0n) is 7.76. The highest BCUT2D eigenvalue weighted by molar-refractivity contribution is 5.03. The molecule has 0 aromatic rings. The third-order valence-electron chi connectivity index (χ3n) is 3.51. The lowest BCUT2D eigenvalue weighted by molar-refractivity contribution is 0.275. The molecule has 0 unspecified atom stereocenters. The molecule has 2 fully saturated rings. The minimum absolute atomic E-state index is 0.311. The summed E-state index contributed by atoms with van der Waals surface area (Å²) in [5.74, 6) is 1.78. The molecule has 1 saturated carbocycles. The maximum absolute atomic E-state index is 5.65. The molecule has 0 aromatic carbocycles. The second-order valence-corrected chi connectivity index (χ2v) is 4.70. The van der Waals surface area contributed by atoms with Crippen LogP contribution in [0.1, 0.15) is 40.0 Å². The lowest BCUT2D eigenvalue weighted by Crippen LogP contribution is -2.24. The summed E-state index contributed by atoms with van der Waals surface area (Å²) in [6, 6.07) is 0. The van der Waals surface area contributed by atoms with Crippen LogP contribution in [-0.4, -0.2) is 11.7 Å². The molecule has 1 nitrogen and oxygen atoms in total. The molecule has 0 amide bonds. The van der Waals surface area contributed by atoms with Gasteiger partial charge in [-0.2, -0.15) is 0 Å². The number of hydrogen-bond donors (Lipinski definition) is 0. The van der Waals surface area contributed by atoms with E-state index in [4.69, 9.17) is 4.74 Å². The molecule has 2 rings (SSSR count). The highest BCUT2D eigenvalue weighted by Gasteiger charge is 2.55. The summed E-state index contributed by atoms with van der Waals surface area (Å²) in [5.41, 5.74) is 0.311. The number of ether oxygens (including phenoxy) is 1. The van der Waals surface area contributed by atoms with Crippen LogP contribution in [0.3, 0.4) is 0 Å². The van der Waals surface area contributed by atoms with E-state index >= 15 is 0 Å². The van der Waals surface area contributed by atoms with Gasteiger partial charge in [-0.25, -0.2) is 0 Å². The van der Waals surface area contributed by atoms with Crippen LogP contribution in [0, 0.1) is 11.8 Å². The van der Waals surface area contributed by atoms with Gasteiger partial charge in [-0.3, -0.25) is 0 Å². The lowest BCUT2D eigenvalue weighted by atomic mass is 9.78. The van der Waals surface area contributed by atoms with Gasteiger partial charge in [-0.05, 0) is 38.0 Å². The van der Waals surface area contributed by atoms with Crippen LogP contribution in [0.4, 0.5) is 0 Å². The molecule has 0 spiro atoms. The summed E-state index contributed by atoms with van der Waals surface area (Å²) < 4.78 is 5.65. The van der Waals surface area contributed by atoms with Crippen molar-refractivity contribution in [1.82, 2.24) is 0 Å². The Hall–Kier alpha value is -0.0400. The zero-order chi connectivity index (χ0) is 8.06. The Morgan fingerprint density at radius 3 is 2.73 bits per heavy atom. The van der Waals surface area contributed by atoms with E-state index in [1.165, 1.54) is 19.3 Å². The van der Waals surface area contributed by atoms with E-state index in [9.17, 15) is 0 Å². The molecule has 0 bridgehead atoms. The van der Waals surface area contributed by atoms with Crippen LogP contribution < -0.4 is 0 Å². The van der Waals surface area contributed by atoms with Crippen molar-refractivity contribution in [2.75, 3.05) is 0 Å². The third kappa shape index (κ3) is 1.20. The first-order chi connectivity index (χ1) is 5.12. The largest absolute Gasteiger partial charge is 0.366 e. The molecule has 1 heteroatoms. The predicted molar refractivity (Wildman–Crippen MR) is 45.5 cm³/mol. The van der Waals surface area contributed by atoms with Gasteiger partial charge in [0.15, 0.2) is 0 Å². The van der Waals surface area contributed by atoms with Crippen LogP contribution in [-0.2, 0) is 4.74 Å². The Kier molecular flexibility index (Phi) is 1.54. The van der Waals surface area contributed by atoms with E-state index in [-0.39, 0.29) is 0 Å². The van der Waals surface area contributed by atoms with Crippen molar-refractivity contribution >= 4 is 0 Å². The van der Waals surface area contributed by atoms with E-state index in [1.54, 1.807) is 0 Å². The molecular weight excluding hydrogens is 136 g/mol. The molecule has 11 heavy (non-hydrogen) atoms. The Bertz CT molecular complexity index is 164. The average Bonchev–Trinajstić information content (AvgIpc) is 2.58. The number of hydrogen-bond acceptors (Lipinski definition) is 1. The van der Waals surface area contributed by atoms with Crippen molar-refractivity contribution in [2.45, 2.75) is 51.7 Å². The topological polar surface area (TPSA) is 12.5 Å². The Morgan fingerprint density at radius 2 is 2.18 bits per heavy atom. The summed E-state index contributed by atoms with van der Waals surface area (Å²) >= 11 is 0. The van der Waals surface area contributed by atoms with Gasteiger partial charge in [0.05, 0.1) is 11.7 Å². The summed E-state index contributed by atoms with van der Waals surface area (Å²) in [5, 5.41) is 0. The summed E-state index contributed by atoms with van der Waals surface area (Å²) in [7, 11) is 0. The van der Waals surface area contributed by atoms with Gasteiger partial charge in [0.1, 0.15) is 0 Å². The van der Waals surface area contributed by atoms with Gasteiger partial charge in [-0.15, -0.1) is 0 Å². The van der Waals surface area contributed by atoms with Crippen LogP contribution >= 0.6 is 0 Å². The minimum atomic E-state index is 0.311. The molecule has 2 aliphatic rings. The van der Waals surface area contributed by atoms with Gasteiger partial charge in [0.2, 0.25) is 0 Å². The van der Waals surface area contributed by atoms with Crippen LogP contribution in [0.5, 0.6) is 0 Å². The van der Waals surface area contributed by atoms with Gasteiger partial charge in [0.25, 0.3) is 0 Å². The lowest BCUT2D eigenvalue weighted by Gasteiger charge is -2.25. The Labute approximate surface area is 69.1 Å². The van der Waals surface area contributed by atoms with Crippen molar-refractivity contribution in [2.24, 2.45) is 11.8 Å². The highest BCUT2D eigenvalue weighted by atomic mass is 16.6. The van der Waals surface area contributed by atoms with E-state index < -0.39 is 0 Å². The van der Waals surface area contributed by atoms with E-state index in [0.717, 1.165) is 11.8 Å². The quantitative estimate of drug-likeness (QED) is 0.529. The second-order valence-electron chi connectivity index (χ2n) is 4.70. The maximum Gasteiger partial charge on any atom is 0.0920 e. The fourth-order valence-corrected chi connectivity index (χ4v) is 2.28. The Morgan fingerprint density at radius 1 is 1.45 bits per heavy atom. The molecule has 1 saturated heterocycles. The van der Waals surface area contributed by atoms with Crippen LogP contribution in [0.15, 0.2) is 0 Å². The smallest absolute Gasteiger partial charge is 0.0920 e. The fourth-order valence-electron chi connectivity index (χ4n) is 2.28. The average molecular weight is 154 g/mol. The van der Waals surface area contributed by atoms with E-state index in [1.807, 2.05) is 0 Å². The maximum atomic E-state index is 5.65. The third-order valence-corrected chi connectivity index (χ3v) is 3.51. The van der Waals surface area contributed by atoms with Crippen molar-refractivity contribution in [3.8, 4) is 0 Å². The van der Waals surface area contributed by atoms with E-state index in [2.05, 4.69) is 20.8 Å². The first kappa shape index (κ1) is 7.60. The van der Waals surface area contributed by atoms with Gasteiger partial charge < -0.3 is 4.74 Å². The second kappa shape index (κ2) is 2.22. The van der Waals surface area contributed by atoms with Crippen molar-refractivity contribution in [1.29, 1.82) is 0 Å². The van der Waals surface area contributed by atoms with Gasteiger partial charge in [-0.1, -0.05) is 13.8 Å². The summed E-state index contributed by atoms with van der Waals surface area (Å²) in [6.07, 6.45) is 4.60. The first-order valence-electron chi connectivity index (χ1n) is 4.79. The molecule has 0 aromatic heterocycles. The molecular formula is C10H18O. The Balaban J connectivity index is 1.93. The minimum Gasteiger partial charge on any atom is -0.366 e. The molecule has 1 aliphatic heterocycles. The highest BCUT2D eigenvalue weighted by Crippen LogP contribution is 2.50. The number of fused-ring (bicyclic) bond motifs is 1. The zero-order valence-corrected chi connectivity index (χ0v) is 7.76. The van der Waals surface area contributed by atoms with Crippen molar-refractivity contribution < 1.29 is 4.74 Å². The van der Waals surface area contributed by atoms with E-state index in [0.29, 0.717) is 11.7 Å². The number of rotatable bonds is 1. The summed E-state index contributed by atoms with van der Waals surface area (Å²) in [6.45, 7) is 6.92. The first-order valence-corrected chi connectivity index (χ1v) is 4.79. The van der Waals surface area contributed by atoms with Crippen molar-refractivity contribution in [3.05, 3.63) is 0 Å². The standard InChI is InChI=1S/C10H18O/c1-7(2)8-4-5-10(3)9(6-8)11-10/h7-9H,4-6H2,1-3H3/t8-,9+,10-/m0/s1. The predicted octanol–water partition coefficient (Wildman–Crippen LogP) is 2.60. The van der Waals surface area contributed by atoms with Crippen LogP contribution in [0.2, 0.25) is 0 Å². The molecule has 0 radical (unpaired) electrons. The number of epoxide rings is 1. The molecule has 64 valence electrons. The molecule has 1 aliphatic carbocycles. The normalized spacial score (nSPS) is 49.1.